The number of nitrogens with zero attached hydrogens (tertiary/aromatic N) is 1. The van der Waals surface area contributed by atoms with E-state index in [1.165, 1.54) is 6.42 Å². The van der Waals surface area contributed by atoms with Crippen LogP contribution in [0.3, 0.4) is 0 Å². The van der Waals surface area contributed by atoms with Gasteiger partial charge in [0.1, 0.15) is 0 Å². The van der Waals surface area contributed by atoms with Crippen LogP contribution in [0.25, 0.3) is 0 Å². The maximum atomic E-state index is 11.6. The zero-order chi connectivity index (χ0) is 12.0. The summed E-state index contributed by atoms with van der Waals surface area (Å²) in [4.78, 5) is 13.9. The summed E-state index contributed by atoms with van der Waals surface area (Å²) in [7, 11) is 0. The lowest BCUT2D eigenvalue weighted by atomic mass is 9.92. The van der Waals surface area contributed by atoms with Crippen molar-refractivity contribution in [1.82, 2.24) is 10.2 Å². The lowest BCUT2D eigenvalue weighted by Crippen LogP contribution is -2.44. The molecule has 2 unspecified atom stereocenters. The summed E-state index contributed by atoms with van der Waals surface area (Å²) in [5.41, 5.74) is 0. The predicted molar refractivity (Wildman–Crippen MR) is 67.3 cm³/mol. The Balaban J connectivity index is 2.22. The molecule has 0 saturated carbocycles. The maximum Gasteiger partial charge on any atom is 0.234 e. The predicted octanol–water partition coefficient (Wildman–Crippen LogP) is 1.88. The van der Waals surface area contributed by atoms with Crippen molar-refractivity contribution in [3.05, 3.63) is 0 Å². The Hall–Kier alpha value is -0.570. The van der Waals surface area contributed by atoms with Gasteiger partial charge in [-0.1, -0.05) is 27.2 Å². The van der Waals surface area contributed by atoms with Crippen LogP contribution in [0.2, 0.25) is 0 Å². The zero-order valence-corrected chi connectivity index (χ0v) is 11.0. The monoisotopic (exact) mass is 226 g/mol. The van der Waals surface area contributed by atoms with Gasteiger partial charge in [0.15, 0.2) is 0 Å². The molecule has 0 aromatic rings. The van der Waals surface area contributed by atoms with Crippen LogP contribution < -0.4 is 5.32 Å². The molecule has 3 nitrogen and oxygen atoms in total. The molecule has 94 valence electrons. The van der Waals surface area contributed by atoms with E-state index in [1.807, 2.05) is 0 Å². The van der Waals surface area contributed by atoms with Gasteiger partial charge in [0, 0.05) is 19.6 Å². The Morgan fingerprint density at radius 1 is 1.31 bits per heavy atom. The molecule has 1 saturated heterocycles. The van der Waals surface area contributed by atoms with E-state index in [0.29, 0.717) is 6.54 Å². The van der Waals surface area contributed by atoms with Gasteiger partial charge in [-0.3, -0.25) is 9.69 Å². The summed E-state index contributed by atoms with van der Waals surface area (Å²) < 4.78 is 0. The molecule has 2 atom stereocenters. The van der Waals surface area contributed by atoms with Gasteiger partial charge in [-0.15, -0.1) is 0 Å². The summed E-state index contributed by atoms with van der Waals surface area (Å²) >= 11 is 0. The molecule has 16 heavy (non-hydrogen) atoms. The normalized spacial score (nSPS) is 26.7. The number of amides is 1. The maximum absolute atomic E-state index is 11.6. The molecule has 0 aromatic carbocycles. The van der Waals surface area contributed by atoms with E-state index in [0.717, 1.165) is 44.3 Å². The number of piperidine rings is 1. The Morgan fingerprint density at radius 3 is 2.50 bits per heavy atom. The number of hydrogen-bond donors (Lipinski definition) is 1. The van der Waals surface area contributed by atoms with Crippen LogP contribution in [0, 0.1) is 11.8 Å². The van der Waals surface area contributed by atoms with Crippen LogP contribution in [-0.2, 0) is 4.79 Å². The summed E-state index contributed by atoms with van der Waals surface area (Å²) in [6, 6.07) is 0. The van der Waals surface area contributed by atoms with E-state index in [9.17, 15) is 4.79 Å². The molecule has 1 amide bonds. The number of likely N-dealkylation sites (tertiary alicyclic amines) is 1. The molecule has 0 aromatic heterocycles. The van der Waals surface area contributed by atoms with E-state index in [-0.39, 0.29) is 5.91 Å². The van der Waals surface area contributed by atoms with E-state index >= 15 is 0 Å². The van der Waals surface area contributed by atoms with Crippen molar-refractivity contribution in [3.8, 4) is 0 Å². The van der Waals surface area contributed by atoms with E-state index in [2.05, 4.69) is 31.0 Å². The fourth-order valence-corrected chi connectivity index (χ4v) is 2.58. The number of rotatable bonds is 5. The molecule has 1 rings (SSSR count). The lowest BCUT2D eigenvalue weighted by molar-refractivity contribution is -0.122. The van der Waals surface area contributed by atoms with Gasteiger partial charge in [0.25, 0.3) is 0 Å². The number of carbonyl (C=O) groups is 1. The van der Waals surface area contributed by atoms with E-state index in [1.54, 1.807) is 0 Å². The van der Waals surface area contributed by atoms with Gasteiger partial charge in [0.05, 0.1) is 6.54 Å². The first-order valence-electron chi connectivity index (χ1n) is 6.60. The highest BCUT2D eigenvalue weighted by Crippen LogP contribution is 2.20. The minimum Gasteiger partial charge on any atom is -0.355 e. The standard InChI is InChI=1S/C13H26N2O/c1-4-5-6-14-13(16)10-15-8-11(2)7-12(3)9-15/h11-12H,4-10H2,1-3H3,(H,14,16). The van der Waals surface area contributed by atoms with Crippen LogP contribution in [0.15, 0.2) is 0 Å². The molecule has 1 aliphatic rings. The average Bonchev–Trinajstić information content (AvgIpc) is 2.16. The third-order valence-corrected chi connectivity index (χ3v) is 3.16. The number of nitrogens with one attached hydrogen (secondary N) is 1. The molecule has 0 radical (unpaired) electrons. The Kier molecular flexibility index (Phi) is 5.81. The molecule has 3 heteroatoms. The van der Waals surface area contributed by atoms with Gasteiger partial charge in [-0.25, -0.2) is 0 Å². The minimum atomic E-state index is 0.190. The highest BCUT2D eigenvalue weighted by molar-refractivity contribution is 5.77. The van der Waals surface area contributed by atoms with Crippen molar-refractivity contribution >= 4 is 5.91 Å². The first-order valence-corrected chi connectivity index (χ1v) is 6.60. The first kappa shape index (κ1) is 13.5. The summed E-state index contributed by atoms with van der Waals surface area (Å²) in [6.07, 6.45) is 3.52. The highest BCUT2D eigenvalue weighted by atomic mass is 16.2. The Morgan fingerprint density at radius 2 is 1.94 bits per heavy atom. The van der Waals surface area contributed by atoms with Crippen LogP contribution in [-0.4, -0.2) is 37.0 Å². The second-order valence-corrected chi connectivity index (χ2v) is 5.34. The smallest absolute Gasteiger partial charge is 0.234 e. The van der Waals surface area contributed by atoms with Gasteiger partial charge in [-0.2, -0.15) is 0 Å². The number of carbonyl (C=O) groups excluding carboxylic acids is 1. The lowest BCUT2D eigenvalue weighted by Gasteiger charge is -2.34. The van der Waals surface area contributed by atoms with Gasteiger partial charge >= 0.3 is 0 Å². The molecule has 1 heterocycles. The van der Waals surface area contributed by atoms with Gasteiger partial charge < -0.3 is 5.32 Å². The second kappa shape index (κ2) is 6.89. The molecule has 1 fully saturated rings. The van der Waals surface area contributed by atoms with E-state index in [4.69, 9.17) is 0 Å². The van der Waals surface area contributed by atoms with Crippen molar-refractivity contribution in [2.24, 2.45) is 11.8 Å². The first-order chi connectivity index (χ1) is 7.61. The van der Waals surface area contributed by atoms with Crippen molar-refractivity contribution in [3.63, 3.8) is 0 Å². The van der Waals surface area contributed by atoms with Crippen molar-refractivity contribution in [1.29, 1.82) is 0 Å². The van der Waals surface area contributed by atoms with Crippen molar-refractivity contribution < 1.29 is 4.79 Å². The van der Waals surface area contributed by atoms with Crippen LogP contribution in [0.1, 0.15) is 40.0 Å². The Bertz CT molecular complexity index is 208. The minimum absolute atomic E-state index is 0.190. The molecule has 0 bridgehead atoms. The second-order valence-electron chi connectivity index (χ2n) is 5.34. The third kappa shape index (κ3) is 4.97. The molecule has 0 aliphatic carbocycles. The van der Waals surface area contributed by atoms with Crippen LogP contribution in [0.4, 0.5) is 0 Å². The fraction of sp³-hybridized carbons (Fsp3) is 0.923. The quantitative estimate of drug-likeness (QED) is 0.726. The molecule has 1 N–H and O–H groups in total. The van der Waals surface area contributed by atoms with E-state index < -0.39 is 0 Å². The fourth-order valence-electron chi connectivity index (χ4n) is 2.58. The number of hydrogen-bond acceptors (Lipinski definition) is 2. The SMILES string of the molecule is CCCCNC(=O)CN1CC(C)CC(C)C1. The Labute approximate surface area is 99.6 Å². The number of unbranched alkanes of at least 4 members (excludes halogenated alkanes) is 1. The van der Waals surface area contributed by atoms with Crippen molar-refractivity contribution in [2.45, 2.75) is 40.0 Å². The average molecular weight is 226 g/mol. The summed E-state index contributed by atoms with van der Waals surface area (Å²) in [5, 5.41) is 2.98. The van der Waals surface area contributed by atoms with Gasteiger partial charge in [-0.05, 0) is 24.7 Å². The molecule has 0 spiro atoms. The molecular formula is C13H26N2O. The van der Waals surface area contributed by atoms with Gasteiger partial charge in [0.2, 0.25) is 5.91 Å². The highest BCUT2D eigenvalue weighted by Gasteiger charge is 2.22. The van der Waals surface area contributed by atoms with Crippen LogP contribution in [0.5, 0.6) is 0 Å². The zero-order valence-electron chi connectivity index (χ0n) is 11.0. The summed E-state index contributed by atoms with van der Waals surface area (Å²) in [5.74, 6) is 1.65. The largest absolute Gasteiger partial charge is 0.355 e. The molecular weight excluding hydrogens is 200 g/mol. The van der Waals surface area contributed by atoms with Crippen LogP contribution >= 0.6 is 0 Å². The third-order valence-electron chi connectivity index (χ3n) is 3.16. The molecule has 1 aliphatic heterocycles. The topological polar surface area (TPSA) is 32.3 Å². The van der Waals surface area contributed by atoms with Crippen molar-refractivity contribution in [2.75, 3.05) is 26.2 Å². The summed E-state index contributed by atoms with van der Waals surface area (Å²) in [6.45, 7) is 10.2.